The zero-order valence-electron chi connectivity index (χ0n) is 21.0. The van der Waals surface area contributed by atoms with Gasteiger partial charge in [0, 0.05) is 17.9 Å². The van der Waals surface area contributed by atoms with E-state index in [4.69, 9.17) is 4.99 Å². The van der Waals surface area contributed by atoms with Crippen molar-refractivity contribution in [1.82, 2.24) is 0 Å². The van der Waals surface area contributed by atoms with Gasteiger partial charge < -0.3 is 0 Å². The standard InChI is InChI=1S/C28H44NP/c1-11-12-13-14-15-23(19-22(5)28(6,7)8)18-21(4)25-17-16-24(20(2)3)27(30-10)26(25)29-9/h16-19,23H,2,11-15H2,1,3-10H3/b21-18+,22-19?,29-26?. The first-order valence-corrected chi connectivity index (χ1v) is 12.8. The highest BCUT2D eigenvalue weighted by Crippen LogP contribution is 2.31. The third kappa shape index (κ3) is 7.66. The summed E-state index contributed by atoms with van der Waals surface area (Å²) in [5.41, 5.74) is 7.72. The van der Waals surface area contributed by atoms with E-state index in [2.05, 4.69) is 86.0 Å². The van der Waals surface area contributed by atoms with E-state index in [0.717, 1.165) is 11.3 Å². The van der Waals surface area contributed by atoms with Crippen molar-refractivity contribution >= 4 is 19.2 Å². The van der Waals surface area contributed by atoms with Crippen LogP contribution in [0.25, 0.3) is 0 Å². The first kappa shape index (κ1) is 26.6. The van der Waals surface area contributed by atoms with Crippen molar-refractivity contribution in [3.63, 3.8) is 0 Å². The lowest BCUT2D eigenvalue weighted by atomic mass is 9.83. The van der Waals surface area contributed by atoms with Crippen LogP contribution in [0, 0.1) is 11.3 Å². The van der Waals surface area contributed by atoms with Crippen LogP contribution in [0.2, 0.25) is 0 Å². The van der Waals surface area contributed by atoms with Gasteiger partial charge in [0.2, 0.25) is 0 Å². The van der Waals surface area contributed by atoms with Gasteiger partial charge in [0.15, 0.2) is 0 Å². The van der Waals surface area contributed by atoms with Gasteiger partial charge in [-0.2, -0.15) is 0 Å². The Morgan fingerprint density at radius 3 is 2.20 bits per heavy atom. The zero-order valence-corrected chi connectivity index (χ0v) is 21.9. The van der Waals surface area contributed by atoms with Crippen LogP contribution in [0.3, 0.4) is 0 Å². The van der Waals surface area contributed by atoms with E-state index in [1.165, 1.54) is 67.9 Å². The van der Waals surface area contributed by atoms with E-state index in [1.54, 1.807) is 0 Å². The van der Waals surface area contributed by atoms with Gasteiger partial charge in [-0.3, -0.25) is 4.99 Å². The Kier molecular flexibility index (Phi) is 11.0. The van der Waals surface area contributed by atoms with E-state index in [1.807, 2.05) is 7.05 Å². The lowest BCUT2D eigenvalue weighted by Gasteiger charge is -2.23. The minimum Gasteiger partial charge on any atom is -0.287 e. The number of hydrogen-bond acceptors (Lipinski definition) is 1. The molecule has 30 heavy (non-hydrogen) atoms. The van der Waals surface area contributed by atoms with Gasteiger partial charge in [-0.15, -0.1) is 0 Å². The monoisotopic (exact) mass is 425 g/mol. The molecule has 1 rings (SSSR count). The maximum absolute atomic E-state index is 4.70. The average molecular weight is 426 g/mol. The fourth-order valence-corrected chi connectivity index (χ4v) is 4.64. The Bertz CT molecular complexity index is 791. The fourth-order valence-electron chi connectivity index (χ4n) is 3.70. The van der Waals surface area contributed by atoms with E-state index in [9.17, 15) is 0 Å². The third-order valence-electron chi connectivity index (χ3n) is 5.99. The summed E-state index contributed by atoms with van der Waals surface area (Å²) in [6.07, 6.45) is 15.9. The molecule has 0 aromatic carbocycles. The van der Waals surface area contributed by atoms with Crippen LogP contribution in [0.4, 0.5) is 0 Å². The first-order valence-electron chi connectivity index (χ1n) is 11.5. The summed E-state index contributed by atoms with van der Waals surface area (Å²) in [6, 6.07) is 0. The molecule has 0 bridgehead atoms. The predicted octanol–water partition coefficient (Wildman–Crippen LogP) is 8.77. The van der Waals surface area contributed by atoms with E-state index >= 15 is 0 Å². The second kappa shape index (κ2) is 12.4. The van der Waals surface area contributed by atoms with Crippen molar-refractivity contribution in [3.05, 3.63) is 58.7 Å². The molecule has 0 aliphatic heterocycles. The third-order valence-corrected chi connectivity index (χ3v) is 6.89. The van der Waals surface area contributed by atoms with Crippen LogP contribution < -0.4 is 0 Å². The Labute approximate surface area is 188 Å². The average Bonchev–Trinajstić information content (AvgIpc) is 2.68. The molecule has 2 heteroatoms. The SMILES string of the molecule is C=C(C)C1=CC=C(/C(C)=C/C(C=C(C)C(C)(C)C)CCCCCC)C(=NC)C1=PC. The lowest BCUT2D eigenvalue weighted by Crippen LogP contribution is -2.22. The number of unbranched alkanes of at least 4 members (excludes halogenated alkanes) is 3. The summed E-state index contributed by atoms with van der Waals surface area (Å²) < 4.78 is 0. The van der Waals surface area contributed by atoms with E-state index < -0.39 is 0 Å². The maximum Gasteiger partial charge on any atom is 0.0766 e. The summed E-state index contributed by atoms with van der Waals surface area (Å²) in [6.45, 7) is 22.2. The van der Waals surface area contributed by atoms with Gasteiger partial charge in [0.1, 0.15) is 0 Å². The normalized spacial score (nSPS) is 19.8. The highest BCUT2D eigenvalue weighted by atomic mass is 31.1. The maximum atomic E-state index is 4.70. The van der Waals surface area contributed by atoms with E-state index in [0.29, 0.717) is 5.92 Å². The molecule has 1 aliphatic rings. The van der Waals surface area contributed by atoms with Crippen LogP contribution in [0.5, 0.6) is 0 Å². The predicted molar refractivity (Wildman–Crippen MR) is 141 cm³/mol. The minimum absolute atomic E-state index is 0.213. The number of rotatable bonds is 9. The molecule has 0 fully saturated rings. The van der Waals surface area contributed by atoms with E-state index in [-0.39, 0.29) is 5.41 Å². The molecule has 0 heterocycles. The zero-order chi connectivity index (χ0) is 22.9. The second-order valence-corrected chi connectivity index (χ2v) is 10.4. The summed E-state index contributed by atoms with van der Waals surface area (Å²) in [7, 11) is 3.15. The van der Waals surface area contributed by atoms with Crippen molar-refractivity contribution in [2.75, 3.05) is 13.7 Å². The number of hydrogen-bond donors (Lipinski definition) is 0. The van der Waals surface area contributed by atoms with Gasteiger partial charge in [-0.25, -0.2) is 0 Å². The molecule has 0 radical (unpaired) electrons. The Morgan fingerprint density at radius 1 is 1.07 bits per heavy atom. The van der Waals surface area contributed by atoms with Gasteiger partial charge in [0.25, 0.3) is 0 Å². The number of nitrogens with zero attached hydrogens (tertiary/aromatic N) is 1. The molecule has 1 aliphatic carbocycles. The Hall–Kier alpha value is -1.46. The van der Waals surface area contributed by atoms with Crippen LogP contribution >= 0.6 is 8.20 Å². The lowest BCUT2D eigenvalue weighted by molar-refractivity contribution is 0.493. The Balaban J connectivity index is 3.32. The molecule has 0 spiro atoms. The quantitative estimate of drug-likeness (QED) is 0.199. The smallest absolute Gasteiger partial charge is 0.0766 e. The topological polar surface area (TPSA) is 12.4 Å². The largest absolute Gasteiger partial charge is 0.287 e. The highest BCUT2D eigenvalue weighted by molar-refractivity contribution is 7.44. The summed E-state index contributed by atoms with van der Waals surface area (Å²) in [4.78, 5) is 4.70. The molecular weight excluding hydrogens is 381 g/mol. The summed E-state index contributed by atoms with van der Waals surface area (Å²) in [5.74, 6) is 0.467. The minimum atomic E-state index is 0.213. The molecule has 0 amide bonds. The molecule has 166 valence electrons. The molecule has 1 atom stereocenters. The molecule has 0 aromatic rings. The van der Waals surface area contributed by atoms with Gasteiger partial charge in [-0.1, -0.05) is 104 Å². The Morgan fingerprint density at radius 2 is 1.70 bits per heavy atom. The van der Waals surface area contributed by atoms with Crippen molar-refractivity contribution in [2.24, 2.45) is 16.3 Å². The van der Waals surface area contributed by atoms with Gasteiger partial charge in [0.05, 0.1) is 5.71 Å². The highest BCUT2D eigenvalue weighted by Gasteiger charge is 2.22. The van der Waals surface area contributed by atoms with Gasteiger partial charge in [-0.05, 0) is 56.3 Å². The second-order valence-electron chi connectivity index (χ2n) is 9.55. The van der Waals surface area contributed by atoms with Crippen molar-refractivity contribution in [2.45, 2.75) is 80.6 Å². The molecule has 1 unspecified atom stereocenters. The van der Waals surface area contributed by atoms with Crippen LogP contribution in [-0.4, -0.2) is 24.7 Å². The van der Waals surface area contributed by atoms with Gasteiger partial charge >= 0.3 is 0 Å². The molecule has 0 N–H and O–H groups in total. The first-order chi connectivity index (χ1) is 14.1. The van der Waals surface area contributed by atoms with Crippen LogP contribution in [0.1, 0.15) is 80.6 Å². The number of aliphatic imine (C=N–C) groups is 1. The summed E-state index contributed by atoms with van der Waals surface area (Å²) in [5, 5.41) is 1.29. The van der Waals surface area contributed by atoms with Crippen molar-refractivity contribution in [3.8, 4) is 0 Å². The molecular formula is C28H44NP. The van der Waals surface area contributed by atoms with Crippen LogP contribution in [-0.2, 0) is 0 Å². The fraction of sp³-hybridized carbons (Fsp3) is 0.571. The number of allylic oxidation sites excluding steroid dienone is 9. The molecule has 0 saturated carbocycles. The molecule has 0 saturated heterocycles. The van der Waals surface area contributed by atoms with Crippen molar-refractivity contribution < 1.29 is 0 Å². The molecule has 0 aromatic heterocycles. The van der Waals surface area contributed by atoms with Crippen LogP contribution in [0.15, 0.2) is 63.7 Å². The molecule has 1 nitrogen and oxygen atoms in total. The summed E-state index contributed by atoms with van der Waals surface area (Å²) >= 11 is 0. The van der Waals surface area contributed by atoms with Crippen molar-refractivity contribution in [1.29, 1.82) is 0 Å².